The largest absolute Gasteiger partial charge is 0.465 e. The molecule has 0 aliphatic rings. The molecular formula is C31H49N7O6S. The lowest BCUT2D eigenvalue weighted by atomic mass is 9.82. The minimum absolute atomic E-state index is 0.0517. The van der Waals surface area contributed by atoms with Gasteiger partial charge in [0.05, 0.1) is 5.69 Å². The summed E-state index contributed by atoms with van der Waals surface area (Å²) in [7, 11) is 5.41. The molecule has 0 saturated carbocycles. The van der Waals surface area contributed by atoms with Crippen molar-refractivity contribution in [2.24, 2.45) is 5.41 Å². The fraction of sp³-hybridized carbons (Fsp3) is 0.581. The first-order chi connectivity index (χ1) is 20.7. The summed E-state index contributed by atoms with van der Waals surface area (Å²) in [5.41, 5.74) is 0.524. The highest BCUT2D eigenvalue weighted by Gasteiger charge is 2.54. The standard InChI is InChI=1S/C31H49N7O6S/c1-20(39)32-26-33-23(24(45-26)19-37(10)18-17-25(40)36(8)9)16-13-21-11-14-22(15-12-21)34-31(29(2,3)4,35-27(41)42)38(28(43)44)30(5,6)7/h11-12,14-15,34-35H,13,16-19H2,1-10H3,(H,41,42)(H,43,44)(H,32,33,39). The number of rotatable bonds is 13. The van der Waals surface area contributed by atoms with Gasteiger partial charge in [-0.3, -0.25) is 19.8 Å². The molecule has 1 atom stereocenters. The Balaban J connectivity index is 2.31. The van der Waals surface area contributed by atoms with Gasteiger partial charge in [-0.15, -0.1) is 11.3 Å². The van der Waals surface area contributed by atoms with E-state index >= 15 is 0 Å². The SMILES string of the molecule is CC(=O)Nc1nc(CCc2ccc(NC(NC(=O)O)(N(C(=O)O)C(C)(C)C)C(C)(C)C)cc2)c(CN(C)CCC(=O)N(C)C)s1. The second-order valence-corrected chi connectivity index (χ2v) is 14.4. The van der Waals surface area contributed by atoms with E-state index in [1.54, 1.807) is 72.7 Å². The van der Waals surface area contributed by atoms with Crippen molar-refractivity contribution < 1.29 is 29.4 Å². The maximum atomic E-state index is 12.5. The topological polar surface area (TPSA) is 167 Å². The van der Waals surface area contributed by atoms with E-state index in [4.69, 9.17) is 0 Å². The third-order valence-corrected chi connectivity index (χ3v) is 8.18. The number of aryl methyl sites for hydroxylation is 2. The van der Waals surface area contributed by atoms with Gasteiger partial charge in [0.2, 0.25) is 17.6 Å². The molecule has 0 spiro atoms. The van der Waals surface area contributed by atoms with Crippen LogP contribution in [0.15, 0.2) is 24.3 Å². The number of carbonyl (C=O) groups is 4. The zero-order chi connectivity index (χ0) is 34.3. The maximum Gasteiger partial charge on any atom is 0.411 e. The van der Waals surface area contributed by atoms with Gasteiger partial charge in [0, 0.05) is 62.0 Å². The highest BCUT2D eigenvalue weighted by atomic mass is 32.1. The number of benzene rings is 1. The lowest BCUT2D eigenvalue weighted by Crippen LogP contribution is -2.76. The molecule has 0 aliphatic carbocycles. The Hall–Kier alpha value is -3.91. The Morgan fingerprint density at radius 3 is 2.00 bits per heavy atom. The van der Waals surface area contributed by atoms with Gasteiger partial charge in [-0.1, -0.05) is 32.9 Å². The van der Waals surface area contributed by atoms with Crippen LogP contribution in [0.1, 0.15) is 71.0 Å². The molecule has 45 heavy (non-hydrogen) atoms. The van der Waals surface area contributed by atoms with Crippen LogP contribution >= 0.6 is 11.3 Å². The van der Waals surface area contributed by atoms with Crippen LogP contribution < -0.4 is 16.0 Å². The highest BCUT2D eigenvalue weighted by molar-refractivity contribution is 7.15. The third kappa shape index (κ3) is 10.3. The Kier molecular flexibility index (Phi) is 12.4. The van der Waals surface area contributed by atoms with Crippen molar-refractivity contribution in [3.63, 3.8) is 0 Å². The molecule has 14 heteroatoms. The summed E-state index contributed by atoms with van der Waals surface area (Å²) in [6, 6.07) is 7.39. The highest BCUT2D eigenvalue weighted by Crippen LogP contribution is 2.39. The monoisotopic (exact) mass is 647 g/mol. The predicted molar refractivity (Wildman–Crippen MR) is 176 cm³/mol. The number of carbonyl (C=O) groups excluding carboxylic acids is 2. The van der Waals surface area contributed by atoms with Gasteiger partial charge in [0.15, 0.2) is 5.13 Å². The average Bonchev–Trinajstić information content (AvgIpc) is 3.24. The number of hydrogen-bond donors (Lipinski definition) is 5. The van der Waals surface area contributed by atoms with E-state index in [2.05, 4.69) is 25.8 Å². The van der Waals surface area contributed by atoms with Crippen LogP contribution in [-0.4, -0.2) is 92.9 Å². The zero-order valence-corrected chi connectivity index (χ0v) is 28.9. The van der Waals surface area contributed by atoms with E-state index in [1.807, 2.05) is 19.2 Å². The van der Waals surface area contributed by atoms with Crippen LogP contribution in [0, 0.1) is 5.41 Å². The Bertz CT molecular complexity index is 1350. The van der Waals surface area contributed by atoms with Crippen LogP contribution in [-0.2, 0) is 29.0 Å². The van der Waals surface area contributed by atoms with Gasteiger partial charge in [-0.05, 0) is 58.4 Å². The van der Waals surface area contributed by atoms with Crippen molar-refractivity contribution in [2.45, 2.75) is 85.6 Å². The van der Waals surface area contributed by atoms with Crippen molar-refractivity contribution in [1.82, 2.24) is 25.0 Å². The number of nitrogens with one attached hydrogen (secondary N) is 3. The molecule has 1 unspecified atom stereocenters. The molecule has 4 amide bonds. The van der Waals surface area contributed by atoms with E-state index < -0.39 is 28.9 Å². The lowest BCUT2D eigenvalue weighted by molar-refractivity contribution is -0.129. The second-order valence-electron chi connectivity index (χ2n) is 13.3. The predicted octanol–water partition coefficient (Wildman–Crippen LogP) is 4.95. The van der Waals surface area contributed by atoms with Gasteiger partial charge >= 0.3 is 12.2 Å². The quantitative estimate of drug-likeness (QED) is 0.189. The molecule has 0 bridgehead atoms. The van der Waals surface area contributed by atoms with Gasteiger partial charge in [0.1, 0.15) is 0 Å². The van der Waals surface area contributed by atoms with Gasteiger partial charge in [-0.2, -0.15) is 0 Å². The molecule has 0 aliphatic heterocycles. The van der Waals surface area contributed by atoms with E-state index in [9.17, 15) is 29.4 Å². The summed E-state index contributed by atoms with van der Waals surface area (Å²) in [6.45, 7) is 13.0. The minimum Gasteiger partial charge on any atom is -0.465 e. The zero-order valence-electron chi connectivity index (χ0n) is 28.1. The molecule has 1 aromatic carbocycles. The van der Waals surface area contributed by atoms with Crippen LogP contribution in [0.4, 0.5) is 20.4 Å². The summed E-state index contributed by atoms with van der Waals surface area (Å²) in [5, 5.41) is 29.0. The number of amides is 4. The van der Waals surface area contributed by atoms with Crippen molar-refractivity contribution >= 4 is 46.2 Å². The molecule has 1 heterocycles. The number of thiazole rings is 1. The first-order valence-electron chi connectivity index (χ1n) is 14.7. The van der Waals surface area contributed by atoms with Crippen molar-refractivity contribution in [2.75, 3.05) is 38.3 Å². The molecular weight excluding hydrogens is 598 g/mol. The van der Waals surface area contributed by atoms with Crippen molar-refractivity contribution in [3.05, 3.63) is 40.4 Å². The summed E-state index contributed by atoms with van der Waals surface area (Å²) in [4.78, 5) is 58.7. The summed E-state index contributed by atoms with van der Waals surface area (Å²) in [6.07, 6.45) is -0.998. The number of aromatic nitrogens is 1. The number of carboxylic acid groups (broad SMARTS) is 2. The first kappa shape index (κ1) is 37.3. The molecule has 2 rings (SSSR count). The van der Waals surface area contributed by atoms with Crippen LogP contribution in [0.2, 0.25) is 0 Å². The van der Waals surface area contributed by atoms with Crippen LogP contribution in [0.5, 0.6) is 0 Å². The van der Waals surface area contributed by atoms with Crippen LogP contribution in [0.3, 0.4) is 0 Å². The summed E-state index contributed by atoms with van der Waals surface area (Å²) >= 11 is 1.42. The first-order valence-corrected chi connectivity index (χ1v) is 15.5. The van der Waals surface area contributed by atoms with E-state index in [1.165, 1.54) is 18.3 Å². The Morgan fingerprint density at radius 2 is 1.53 bits per heavy atom. The number of anilines is 2. The van der Waals surface area contributed by atoms with Gasteiger partial charge in [-0.25, -0.2) is 14.6 Å². The number of hydrogen-bond acceptors (Lipinski definition) is 8. The van der Waals surface area contributed by atoms with Gasteiger partial charge < -0.3 is 30.6 Å². The smallest absolute Gasteiger partial charge is 0.411 e. The van der Waals surface area contributed by atoms with Crippen molar-refractivity contribution in [1.29, 1.82) is 0 Å². The lowest BCUT2D eigenvalue weighted by Gasteiger charge is -2.55. The molecule has 2 aromatic rings. The average molecular weight is 648 g/mol. The molecule has 250 valence electrons. The Labute approximate surface area is 270 Å². The van der Waals surface area contributed by atoms with E-state index in [-0.39, 0.29) is 11.8 Å². The Morgan fingerprint density at radius 1 is 0.933 bits per heavy atom. The van der Waals surface area contributed by atoms with E-state index in [0.29, 0.717) is 43.2 Å². The minimum atomic E-state index is -1.71. The third-order valence-electron chi connectivity index (χ3n) is 7.18. The fourth-order valence-corrected chi connectivity index (χ4v) is 6.04. The van der Waals surface area contributed by atoms with Gasteiger partial charge in [0.25, 0.3) is 0 Å². The second kappa shape index (κ2) is 14.9. The molecule has 13 nitrogen and oxygen atoms in total. The molecule has 0 saturated heterocycles. The molecule has 1 aromatic heterocycles. The normalized spacial score (nSPS) is 13.1. The summed E-state index contributed by atoms with van der Waals surface area (Å²) in [5.74, 6) is -1.86. The fourth-order valence-electron chi connectivity index (χ4n) is 4.91. The van der Waals surface area contributed by atoms with E-state index in [0.717, 1.165) is 21.0 Å². The molecule has 5 N–H and O–H groups in total. The molecule has 0 radical (unpaired) electrons. The molecule has 0 fully saturated rings. The summed E-state index contributed by atoms with van der Waals surface area (Å²) < 4.78 is 0. The number of nitrogens with zero attached hydrogens (tertiary/aromatic N) is 4. The van der Waals surface area contributed by atoms with Crippen molar-refractivity contribution in [3.8, 4) is 0 Å². The van der Waals surface area contributed by atoms with Crippen LogP contribution in [0.25, 0.3) is 0 Å². The maximum absolute atomic E-state index is 12.5.